The summed E-state index contributed by atoms with van der Waals surface area (Å²) in [5.41, 5.74) is 1.06. The summed E-state index contributed by atoms with van der Waals surface area (Å²) in [7, 11) is 1.57. The number of pyridine rings is 1. The largest absolute Gasteiger partial charge is 0.495 e. The van der Waals surface area contributed by atoms with Crippen LogP contribution >= 0.6 is 11.6 Å². The molecule has 1 atom stereocenters. The Morgan fingerprint density at radius 3 is 2.87 bits per heavy atom. The van der Waals surface area contributed by atoms with Crippen LogP contribution in [0.5, 0.6) is 5.75 Å². The number of halogens is 1. The van der Waals surface area contributed by atoms with Gasteiger partial charge in [-0.15, -0.1) is 0 Å². The molecule has 1 aromatic carbocycles. The second-order valence-electron chi connectivity index (χ2n) is 9.07. The first-order chi connectivity index (χ1) is 14.7. The smallest absolute Gasteiger partial charge is 0.227 e. The summed E-state index contributed by atoms with van der Waals surface area (Å²) in [6.07, 6.45) is 2.81. The molecule has 0 aliphatic carbocycles. The molecule has 0 bridgehead atoms. The van der Waals surface area contributed by atoms with E-state index in [4.69, 9.17) is 21.3 Å². The lowest BCUT2D eigenvalue weighted by atomic mass is 9.93. The number of hydrogen-bond acceptors (Lipinski definition) is 5. The highest BCUT2D eigenvalue weighted by atomic mass is 35.5. The Hall–Kier alpha value is -2.80. The number of ether oxygens (including phenoxy) is 1. The Morgan fingerprint density at radius 2 is 2.16 bits per heavy atom. The van der Waals surface area contributed by atoms with Crippen molar-refractivity contribution in [1.29, 1.82) is 0 Å². The number of amidine groups is 1. The molecule has 0 radical (unpaired) electrons. The number of nitrogens with one attached hydrogen (secondary N) is 2. The predicted octanol–water partition coefficient (Wildman–Crippen LogP) is 3.99. The van der Waals surface area contributed by atoms with Crippen molar-refractivity contribution >= 4 is 34.8 Å². The third-order valence-corrected chi connectivity index (χ3v) is 5.81. The quantitative estimate of drug-likeness (QED) is 0.752. The number of benzene rings is 1. The maximum Gasteiger partial charge on any atom is 0.227 e. The van der Waals surface area contributed by atoms with Gasteiger partial charge in [-0.05, 0) is 57.0 Å². The first kappa shape index (κ1) is 21.4. The molecular formula is C23H28ClN5O2. The summed E-state index contributed by atoms with van der Waals surface area (Å²) >= 11 is 6.23. The highest BCUT2D eigenvalue weighted by Crippen LogP contribution is 2.36. The molecule has 7 nitrogen and oxygen atoms in total. The minimum absolute atomic E-state index is 0.0620. The number of methoxy groups -OCH3 is 1. The van der Waals surface area contributed by atoms with Crippen LogP contribution in [0.3, 0.4) is 0 Å². The fraction of sp³-hybridized carbons (Fsp3) is 0.435. The van der Waals surface area contributed by atoms with Gasteiger partial charge in [0.05, 0.1) is 36.3 Å². The molecule has 2 N–H and O–H groups in total. The molecule has 2 aliphatic heterocycles. The first-order valence-corrected chi connectivity index (χ1v) is 10.8. The molecule has 8 heteroatoms. The van der Waals surface area contributed by atoms with Crippen molar-refractivity contribution in [2.45, 2.75) is 44.7 Å². The van der Waals surface area contributed by atoms with Gasteiger partial charge >= 0.3 is 0 Å². The highest BCUT2D eigenvalue weighted by molar-refractivity contribution is 6.32. The Labute approximate surface area is 187 Å². The maximum atomic E-state index is 13.1. The van der Waals surface area contributed by atoms with Gasteiger partial charge in [0.2, 0.25) is 5.91 Å². The zero-order valence-corrected chi connectivity index (χ0v) is 19.1. The summed E-state index contributed by atoms with van der Waals surface area (Å²) in [6, 6.07) is 9.36. The van der Waals surface area contributed by atoms with Gasteiger partial charge in [-0.25, -0.2) is 4.98 Å². The number of carbonyl (C=O) groups excluding carboxylic acids is 1. The van der Waals surface area contributed by atoms with Gasteiger partial charge in [0, 0.05) is 12.7 Å². The van der Waals surface area contributed by atoms with Crippen molar-refractivity contribution in [3.63, 3.8) is 0 Å². The minimum atomic E-state index is -0.462. The molecule has 1 unspecified atom stereocenters. The lowest BCUT2D eigenvalue weighted by Gasteiger charge is -2.39. The number of anilines is 2. The normalized spacial score (nSPS) is 21.6. The van der Waals surface area contributed by atoms with Crippen molar-refractivity contribution in [1.82, 2.24) is 9.88 Å². The number of carbonyl (C=O) groups is 1. The standard InChI is InChI=1S/C23H28ClN5O2/c1-22(2,3)28-21-23(27-17-6-5-10-25-20(17)26-21)9-11-29(14-23)19(30)13-15-7-8-18(31-4)16(24)12-15/h5-8,10,12,27H,9,11,13-14H2,1-4H3,(H,25,26,28). The fourth-order valence-electron chi connectivity index (χ4n) is 4.05. The van der Waals surface area contributed by atoms with E-state index in [1.165, 1.54) is 0 Å². The molecule has 0 saturated carbocycles. The molecule has 1 fully saturated rings. The molecule has 2 aliphatic rings. The van der Waals surface area contributed by atoms with Crippen molar-refractivity contribution in [2.75, 3.05) is 30.8 Å². The number of amides is 1. The van der Waals surface area contributed by atoms with Crippen LogP contribution in [0.1, 0.15) is 32.8 Å². The van der Waals surface area contributed by atoms with Gasteiger partial charge in [0.25, 0.3) is 0 Å². The van der Waals surface area contributed by atoms with Gasteiger partial charge in [-0.2, -0.15) is 0 Å². The summed E-state index contributed by atoms with van der Waals surface area (Å²) in [5, 5.41) is 7.56. The SMILES string of the molecule is COc1ccc(CC(=O)N2CCC3(C2)Nc2cccnc2NC3=NC(C)(C)C)cc1Cl. The van der Waals surface area contributed by atoms with Crippen LogP contribution in [-0.2, 0) is 11.2 Å². The van der Waals surface area contributed by atoms with Crippen LogP contribution < -0.4 is 15.4 Å². The van der Waals surface area contributed by atoms with Gasteiger partial charge in [-0.3, -0.25) is 9.79 Å². The topological polar surface area (TPSA) is 78.8 Å². The molecule has 164 valence electrons. The van der Waals surface area contributed by atoms with E-state index in [9.17, 15) is 4.79 Å². The number of aliphatic imine (C=N–C) groups is 1. The van der Waals surface area contributed by atoms with E-state index >= 15 is 0 Å². The van der Waals surface area contributed by atoms with Crippen molar-refractivity contribution in [3.8, 4) is 5.75 Å². The van der Waals surface area contributed by atoms with Crippen LogP contribution in [-0.4, -0.2) is 52.9 Å². The first-order valence-electron chi connectivity index (χ1n) is 10.4. The van der Waals surface area contributed by atoms with E-state index in [1.807, 2.05) is 23.1 Å². The average Bonchev–Trinajstić information content (AvgIpc) is 3.13. The Morgan fingerprint density at radius 1 is 1.35 bits per heavy atom. The highest BCUT2D eigenvalue weighted by Gasteiger charge is 2.47. The number of likely N-dealkylation sites (tertiary alicyclic amines) is 1. The van der Waals surface area contributed by atoms with Gasteiger partial charge in [-0.1, -0.05) is 17.7 Å². The third-order valence-electron chi connectivity index (χ3n) is 5.51. The van der Waals surface area contributed by atoms with Crippen LogP contribution in [0.15, 0.2) is 41.5 Å². The average molecular weight is 442 g/mol. The fourth-order valence-corrected chi connectivity index (χ4v) is 4.33. The van der Waals surface area contributed by atoms with Gasteiger partial charge in [0.1, 0.15) is 17.1 Å². The summed E-state index contributed by atoms with van der Waals surface area (Å²) in [6.45, 7) is 7.37. The Kier molecular flexibility index (Phi) is 5.56. The monoisotopic (exact) mass is 441 g/mol. The molecule has 1 spiro atoms. The molecule has 1 amide bonds. The molecule has 31 heavy (non-hydrogen) atoms. The van der Waals surface area contributed by atoms with Crippen molar-refractivity contribution in [3.05, 3.63) is 47.1 Å². The molecule has 2 aromatic rings. The number of rotatable bonds is 3. The van der Waals surface area contributed by atoms with Gasteiger partial charge < -0.3 is 20.3 Å². The number of nitrogens with zero attached hydrogens (tertiary/aromatic N) is 3. The van der Waals surface area contributed by atoms with E-state index in [2.05, 4.69) is 36.4 Å². The van der Waals surface area contributed by atoms with Crippen molar-refractivity contribution in [2.24, 2.45) is 4.99 Å². The summed E-state index contributed by atoms with van der Waals surface area (Å²) < 4.78 is 5.20. The summed E-state index contributed by atoms with van der Waals surface area (Å²) in [4.78, 5) is 24.4. The van der Waals surface area contributed by atoms with Gasteiger partial charge in [0.15, 0.2) is 5.82 Å². The van der Waals surface area contributed by atoms with Crippen molar-refractivity contribution < 1.29 is 9.53 Å². The van der Waals surface area contributed by atoms with E-state index in [-0.39, 0.29) is 17.9 Å². The molecule has 1 aromatic heterocycles. The van der Waals surface area contributed by atoms with E-state index in [0.717, 1.165) is 29.3 Å². The lowest BCUT2D eigenvalue weighted by molar-refractivity contribution is -0.129. The van der Waals surface area contributed by atoms with E-state index < -0.39 is 5.54 Å². The second-order valence-corrected chi connectivity index (χ2v) is 9.48. The molecule has 1 saturated heterocycles. The zero-order valence-electron chi connectivity index (χ0n) is 18.3. The second kappa shape index (κ2) is 8.04. The lowest BCUT2D eigenvalue weighted by Crippen LogP contribution is -2.55. The van der Waals surface area contributed by atoms with Crippen LogP contribution in [0.25, 0.3) is 0 Å². The molecule has 4 rings (SSSR count). The maximum absolute atomic E-state index is 13.1. The number of hydrogen-bond donors (Lipinski definition) is 2. The third kappa shape index (κ3) is 4.46. The number of fused-ring (bicyclic) bond motifs is 1. The van der Waals surface area contributed by atoms with Crippen LogP contribution in [0, 0.1) is 0 Å². The van der Waals surface area contributed by atoms with E-state index in [1.54, 1.807) is 25.4 Å². The molecule has 3 heterocycles. The molecular weight excluding hydrogens is 414 g/mol. The zero-order chi connectivity index (χ0) is 22.2. The summed E-state index contributed by atoms with van der Waals surface area (Å²) in [5.74, 6) is 2.25. The van der Waals surface area contributed by atoms with Crippen LogP contribution in [0.2, 0.25) is 5.02 Å². The van der Waals surface area contributed by atoms with Crippen LogP contribution in [0.4, 0.5) is 11.5 Å². The predicted molar refractivity (Wildman–Crippen MR) is 124 cm³/mol. The Bertz CT molecular complexity index is 1030. The minimum Gasteiger partial charge on any atom is -0.495 e. The number of aromatic nitrogens is 1. The Balaban J connectivity index is 1.56. The van der Waals surface area contributed by atoms with E-state index in [0.29, 0.717) is 23.9 Å².